The van der Waals surface area contributed by atoms with Gasteiger partial charge in [0, 0.05) is 25.9 Å². The van der Waals surface area contributed by atoms with Gasteiger partial charge in [-0.2, -0.15) is 0 Å². The van der Waals surface area contributed by atoms with Crippen LogP contribution in [0.5, 0.6) is 5.75 Å². The zero-order valence-corrected chi connectivity index (χ0v) is 23.4. The molecule has 0 radical (unpaired) electrons. The standard InChI is InChI=1S/C33H32ClNO3S/c34-30-8-4-5-9-31(30)35-20-18-33(19-21-35)17-16-29-22-28(14-15-32(29)38-33)27-12-10-26(11-13-27)24-39(36,37)23-25-6-2-1-3-7-25/h1-15,22H,16-21,23-24H2. The number of benzene rings is 4. The van der Waals surface area contributed by atoms with Gasteiger partial charge in [0.1, 0.15) is 11.4 Å². The van der Waals surface area contributed by atoms with E-state index in [1.807, 2.05) is 72.8 Å². The van der Waals surface area contributed by atoms with Gasteiger partial charge >= 0.3 is 0 Å². The molecule has 4 aromatic carbocycles. The first-order chi connectivity index (χ1) is 18.9. The van der Waals surface area contributed by atoms with Gasteiger partial charge in [0.05, 0.1) is 22.2 Å². The quantitative estimate of drug-likeness (QED) is 0.246. The molecule has 0 atom stereocenters. The molecule has 2 aliphatic heterocycles. The molecule has 39 heavy (non-hydrogen) atoms. The second-order valence-electron chi connectivity index (χ2n) is 10.8. The molecule has 0 N–H and O–H groups in total. The average Bonchev–Trinajstić information content (AvgIpc) is 2.94. The molecule has 0 unspecified atom stereocenters. The van der Waals surface area contributed by atoms with E-state index >= 15 is 0 Å². The molecule has 200 valence electrons. The molecule has 0 amide bonds. The van der Waals surface area contributed by atoms with Crippen molar-refractivity contribution in [2.24, 2.45) is 0 Å². The Balaban J connectivity index is 1.10. The fourth-order valence-electron chi connectivity index (χ4n) is 5.84. The van der Waals surface area contributed by atoms with Crippen LogP contribution in [0.1, 0.15) is 36.0 Å². The molecule has 1 fully saturated rings. The molecule has 1 spiro atoms. The Bertz CT molecular complexity index is 1560. The molecule has 6 heteroatoms. The van der Waals surface area contributed by atoms with E-state index in [1.54, 1.807) is 0 Å². The van der Waals surface area contributed by atoms with Crippen LogP contribution in [0.3, 0.4) is 0 Å². The van der Waals surface area contributed by atoms with E-state index < -0.39 is 9.84 Å². The number of fused-ring (bicyclic) bond motifs is 1. The molecule has 2 heterocycles. The predicted molar refractivity (Wildman–Crippen MR) is 159 cm³/mol. The van der Waals surface area contributed by atoms with Crippen molar-refractivity contribution in [3.8, 4) is 16.9 Å². The number of anilines is 1. The predicted octanol–water partition coefficient (Wildman–Crippen LogP) is 7.49. The largest absolute Gasteiger partial charge is 0.487 e. The van der Waals surface area contributed by atoms with Gasteiger partial charge in [-0.3, -0.25) is 0 Å². The Hall–Kier alpha value is -3.28. The number of sulfone groups is 1. The van der Waals surface area contributed by atoms with Crippen LogP contribution in [0.4, 0.5) is 5.69 Å². The maximum atomic E-state index is 12.7. The minimum atomic E-state index is -3.24. The van der Waals surface area contributed by atoms with Crippen molar-refractivity contribution in [1.29, 1.82) is 0 Å². The summed E-state index contributed by atoms with van der Waals surface area (Å²) in [5.74, 6) is 1.08. The monoisotopic (exact) mass is 557 g/mol. The molecule has 4 aromatic rings. The Morgan fingerprint density at radius 2 is 1.38 bits per heavy atom. The van der Waals surface area contributed by atoms with Gasteiger partial charge in [-0.1, -0.05) is 84.4 Å². The van der Waals surface area contributed by atoms with Crippen molar-refractivity contribution >= 4 is 27.1 Å². The first-order valence-corrected chi connectivity index (χ1v) is 15.7. The summed E-state index contributed by atoms with van der Waals surface area (Å²) in [4.78, 5) is 2.37. The van der Waals surface area contributed by atoms with Crippen LogP contribution in [0.25, 0.3) is 11.1 Å². The van der Waals surface area contributed by atoms with Crippen LogP contribution in [0.15, 0.2) is 97.1 Å². The van der Waals surface area contributed by atoms with E-state index in [-0.39, 0.29) is 17.1 Å². The number of nitrogens with zero attached hydrogens (tertiary/aromatic N) is 1. The summed E-state index contributed by atoms with van der Waals surface area (Å²) < 4.78 is 32.1. The summed E-state index contributed by atoms with van der Waals surface area (Å²) in [6.07, 6.45) is 3.96. The third-order valence-electron chi connectivity index (χ3n) is 8.01. The van der Waals surface area contributed by atoms with Gasteiger partial charge in [0.25, 0.3) is 0 Å². The minimum absolute atomic E-state index is 0.0379. The van der Waals surface area contributed by atoms with E-state index in [2.05, 4.69) is 29.2 Å². The zero-order chi connectivity index (χ0) is 26.9. The van der Waals surface area contributed by atoms with E-state index in [9.17, 15) is 8.42 Å². The lowest BCUT2D eigenvalue weighted by Gasteiger charge is -2.45. The summed E-state index contributed by atoms with van der Waals surface area (Å²) >= 11 is 6.43. The Labute approximate surface area is 236 Å². The molecule has 0 aromatic heterocycles. The third kappa shape index (κ3) is 5.85. The molecule has 4 nitrogen and oxygen atoms in total. The van der Waals surface area contributed by atoms with Crippen LogP contribution in [0.2, 0.25) is 5.02 Å². The third-order valence-corrected chi connectivity index (χ3v) is 9.87. The van der Waals surface area contributed by atoms with Crippen molar-refractivity contribution < 1.29 is 13.2 Å². The molecular weight excluding hydrogens is 526 g/mol. The molecule has 2 aliphatic rings. The molecule has 0 saturated carbocycles. The molecule has 6 rings (SSSR count). The van der Waals surface area contributed by atoms with E-state index in [4.69, 9.17) is 16.3 Å². The zero-order valence-electron chi connectivity index (χ0n) is 21.9. The van der Waals surface area contributed by atoms with Crippen LogP contribution in [0, 0.1) is 0 Å². The summed E-state index contributed by atoms with van der Waals surface area (Å²) in [6.45, 7) is 1.87. The van der Waals surface area contributed by atoms with Crippen molar-refractivity contribution in [3.63, 3.8) is 0 Å². The summed E-state index contributed by atoms with van der Waals surface area (Å²) in [5, 5.41) is 0.803. The van der Waals surface area contributed by atoms with Gasteiger partial charge in [-0.15, -0.1) is 0 Å². The summed E-state index contributed by atoms with van der Waals surface area (Å²) in [6, 6.07) is 31.7. The normalized spacial score (nSPS) is 16.5. The lowest BCUT2D eigenvalue weighted by molar-refractivity contribution is 0.0226. The van der Waals surface area contributed by atoms with Gasteiger partial charge < -0.3 is 9.64 Å². The number of halogens is 1. The highest BCUT2D eigenvalue weighted by atomic mass is 35.5. The topological polar surface area (TPSA) is 46.6 Å². The van der Waals surface area contributed by atoms with Crippen molar-refractivity contribution in [3.05, 3.63) is 119 Å². The fourth-order valence-corrected chi connectivity index (χ4v) is 7.60. The lowest BCUT2D eigenvalue weighted by Crippen LogP contribution is -2.49. The van der Waals surface area contributed by atoms with Crippen molar-refractivity contribution in [2.75, 3.05) is 18.0 Å². The summed E-state index contributed by atoms with van der Waals surface area (Å²) in [5.41, 5.74) is 6.06. The Morgan fingerprint density at radius 3 is 2.10 bits per heavy atom. The van der Waals surface area contributed by atoms with Crippen LogP contribution < -0.4 is 9.64 Å². The maximum Gasteiger partial charge on any atom is 0.158 e. The Kier molecular flexibility index (Phi) is 7.13. The molecular formula is C33H32ClNO3S. The second kappa shape index (κ2) is 10.7. The summed E-state index contributed by atoms with van der Waals surface area (Å²) in [7, 11) is -3.24. The number of ether oxygens (including phenoxy) is 1. The lowest BCUT2D eigenvalue weighted by atomic mass is 9.82. The van der Waals surface area contributed by atoms with Crippen LogP contribution >= 0.6 is 11.6 Å². The SMILES string of the molecule is O=S(=O)(Cc1ccccc1)Cc1ccc(-c2ccc3c(c2)CCC2(CCN(c4ccccc4Cl)CC2)O3)cc1. The highest BCUT2D eigenvalue weighted by molar-refractivity contribution is 7.89. The van der Waals surface area contributed by atoms with E-state index in [1.165, 1.54) is 5.56 Å². The van der Waals surface area contributed by atoms with Gasteiger partial charge in [-0.25, -0.2) is 8.42 Å². The number of para-hydroxylation sites is 1. The maximum absolute atomic E-state index is 12.7. The highest BCUT2D eigenvalue weighted by Gasteiger charge is 2.39. The molecule has 0 aliphatic carbocycles. The minimum Gasteiger partial charge on any atom is -0.487 e. The smallest absolute Gasteiger partial charge is 0.158 e. The fraction of sp³-hybridized carbons (Fsp3) is 0.273. The number of rotatable bonds is 6. The number of piperidine rings is 1. The van der Waals surface area contributed by atoms with Gasteiger partial charge in [0.15, 0.2) is 9.84 Å². The average molecular weight is 558 g/mol. The van der Waals surface area contributed by atoms with Crippen LogP contribution in [-0.4, -0.2) is 27.1 Å². The number of hydrogen-bond acceptors (Lipinski definition) is 4. The van der Waals surface area contributed by atoms with Gasteiger partial charge in [-0.05, 0) is 64.9 Å². The second-order valence-corrected chi connectivity index (χ2v) is 13.2. The highest BCUT2D eigenvalue weighted by Crippen LogP contribution is 2.42. The molecule has 0 bridgehead atoms. The first kappa shape index (κ1) is 26.0. The van der Waals surface area contributed by atoms with E-state index in [0.29, 0.717) is 0 Å². The number of aryl methyl sites for hydroxylation is 1. The van der Waals surface area contributed by atoms with Gasteiger partial charge in [0.2, 0.25) is 0 Å². The Morgan fingerprint density at radius 1 is 0.744 bits per heavy atom. The molecule has 1 saturated heterocycles. The van der Waals surface area contributed by atoms with Crippen LogP contribution in [-0.2, 0) is 27.8 Å². The number of hydrogen-bond donors (Lipinski definition) is 0. The first-order valence-electron chi connectivity index (χ1n) is 13.5. The van der Waals surface area contributed by atoms with Crippen molar-refractivity contribution in [1.82, 2.24) is 0 Å². The van der Waals surface area contributed by atoms with E-state index in [0.717, 1.165) is 77.5 Å². The van der Waals surface area contributed by atoms with Crippen molar-refractivity contribution in [2.45, 2.75) is 42.8 Å².